The lowest BCUT2D eigenvalue weighted by Crippen LogP contribution is -3.13. The van der Waals surface area contributed by atoms with Crippen LogP contribution in [0, 0.1) is 19.5 Å². The van der Waals surface area contributed by atoms with Gasteiger partial charge in [0.25, 0.3) is 0 Å². The van der Waals surface area contributed by atoms with Crippen LogP contribution in [0.4, 0.5) is 5.69 Å². The standard InChI is InChI=1S/C13H16N4/c1-16-6-10-11(13(7-16)3-4-13)12-9(17(10)2)5-14-8-15-12/h5,8,16-17H,1-4,6-7H2. The van der Waals surface area contributed by atoms with Crippen LogP contribution in [0.3, 0.4) is 0 Å². The normalized spacial score (nSPS) is 32.6. The third kappa shape index (κ3) is 1.14. The molecule has 1 spiro atoms. The number of hydrogen-bond donors (Lipinski definition) is 2. The summed E-state index contributed by atoms with van der Waals surface area (Å²) in [7, 11) is 8.42. The maximum atomic E-state index is 4.50. The molecular weight excluding hydrogens is 212 g/mol. The van der Waals surface area contributed by atoms with E-state index in [4.69, 9.17) is 0 Å². The quantitative estimate of drug-likeness (QED) is 0.558. The van der Waals surface area contributed by atoms with E-state index in [0.717, 1.165) is 29.4 Å². The second kappa shape index (κ2) is 2.94. The van der Waals surface area contributed by atoms with Crippen molar-refractivity contribution in [1.29, 1.82) is 0 Å². The van der Waals surface area contributed by atoms with Gasteiger partial charge < -0.3 is 9.80 Å². The molecular formula is C13H16N4. The van der Waals surface area contributed by atoms with Gasteiger partial charge in [-0.3, -0.25) is 0 Å². The Balaban J connectivity index is 1.94. The summed E-state index contributed by atoms with van der Waals surface area (Å²) in [6, 6.07) is 0. The second-order valence-corrected chi connectivity index (χ2v) is 5.50. The molecule has 4 rings (SSSR count). The van der Waals surface area contributed by atoms with Gasteiger partial charge in [-0.05, 0) is 12.8 Å². The van der Waals surface area contributed by atoms with Crippen LogP contribution in [0.15, 0.2) is 18.2 Å². The van der Waals surface area contributed by atoms with Gasteiger partial charge in [-0.2, -0.15) is 7.05 Å². The molecule has 0 radical (unpaired) electrons. The van der Waals surface area contributed by atoms with E-state index in [2.05, 4.69) is 24.1 Å². The summed E-state index contributed by atoms with van der Waals surface area (Å²) >= 11 is 0. The Morgan fingerprint density at radius 3 is 2.88 bits per heavy atom. The minimum absolute atomic E-state index is 0.354. The first-order valence-corrected chi connectivity index (χ1v) is 6.12. The smallest absolute Gasteiger partial charge is 0.154 e. The SMILES string of the molecule is [CH2-][NH+]1CC2=C(c3ncncc3[NH+]2[CH2-])C2(CC2)C1. The minimum atomic E-state index is 0.354. The molecule has 0 saturated heterocycles. The van der Waals surface area contributed by atoms with E-state index >= 15 is 0 Å². The van der Waals surface area contributed by atoms with Crippen molar-refractivity contribution in [1.82, 2.24) is 9.97 Å². The molecule has 88 valence electrons. The van der Waals surface area contributed by atoms with E-state index in [1.54, 1.807) is 6.33 Å². The lowest BCUT2D eigenvalue weighted by atomic mass is 9.89. The Kier molecular flexibility index (Phi) is 1.69. The number of nitrogens with zero attached hydrogens (tertiary/aromatic N) is 2. The number of hydrogen-bond acceptors (Lipinski definition) is 2. The Hall–Kier alpha value is -1.26. The van der Waals surface area contributed by atoms with E-state index in [0.29, 0.717) is 5.41 Å². The summed E-state index contributed by atoms with van der Waals surface area (Å²) < 4.78 is 0. The van der Waals surface area contributed by atoms with E-state index in [9.17, 15) is 0 Å². The fourth-order valence-electron chi connectivity index (χ4n) is 3.43. The van der Waals surface area contributed by atoms with Crippen LogP contribution in [0.1, 0.15) is 18.5 Å². The maximum absolute atomic E-state index is 4.50. The number of aromatic nitrogens is 2. The van der Waals surface area contributed by atoms with Crippen molar-refractivity contribution in [3.8, 4) is 0 Å². The van der Waals surface area contributed by atoms with Gasteiger partial charge in [0.15, 0.2) is 5.69 Å². The first-order chi connectivity index (χ1) is 8.21. The Morgan fingerprint density at radius 1 is 1.29 bits per heavy atom. The number of rotatable bonds is 0. The van der Waals surface area contributed by atoms with Gasteiger partial charge in [0, 0.05) is 0 Å². The molecule has 2 atom stereocenters. The Morgan fingerprint density at radius 2 is 2.12 bits per heavy atom. The second-order valence-electron chi connectivity index (χ2n) is 5.50. The zero-order chi connectivity index (χ0) is 11.6. The molecule has 3 aliphatic rings. The molecule has 1 aromatic heterocycles. The molecule has 4 nitrogen and oxygen atoms in total. The van der Waals surface area contributed by atoms with Gasteiger partial charge in [-0.15, -0.1) is 7.05 Å². The van der Waals surface area contributed by atoms with Crippen molar-refractivity contribution >= 4 is 11.3 Å². The molecule has 1 aliphatic carbocycles. The molecule has 1 fully saturated rings. The van der Waals surface area contributed by atoms with Crippen molar-refractivity contribution in [3.05, 3.63) is 38.0 Å². The van der Waals surface area contributed by atoms with Crippen LogP contribution in [-0.4, -0.2) is 23.1 Å². The van der Waals surface area contributed by atoms with Crippen LogP contribution >= 0.6 is 0 Å². The van der Waals surface area contributed by atoms with Gasteiger partial charge in [0.2, 0.25) is 0 Å². The van der Waals surface area contributed by atoms with Crippen LogP contribution in [0.5, 0.6) is 0 Å². The first kappa shape index (κ1) is 9.74. The van der Waals surface area contributed by atoms with Crippen molar-refractivity contribution in [2.45, 2.75) is 12.8 Å². The van der Waals surface area contributed by atoms with Crippen LogP contribution in [0.2, 0.25) is 0 Å². The van der Waals surface area contributed by atoms with Crippen LogP contribution in [-0.2, 0) is 0 Å². The molecule has 4 heteroatoms. The van der Waals surface area contributed by atoms with E-state index in [-0.39, 0.29) is 0 Å². The number of quaternary nitrogens is 2. The van der Waals surface area contributed by atoms with Gasteiger partial charge >= 0.3 is 0 Å². The van der Waals surface area contributed by atoms with E-state index in [1.165, 1.54) is 29.0 Å². The highest BCUT2D eigenvalue weighted by atomic mass is 15.2. The van der Waals surface area contributed by atoms with Gasteiger partial charge in [0.1, 0.15) is 24.3 Å². The highest BCUT2D eigenvalue weighted by molar-refractivity contribution is 5.80. The minimum Gasteiger partial charge on any atom is -0.459 e. The molecule has 17 heavy (non-hydrogen) atoms. The third-order valence-electron chi connectivity index (χ3n) is 4.34. The Labute approximate surface area is 101 Å². The van der Waals surface area contributed by atoms with Gasteiger partial charge in [-0.1, -0.05) is 0 Å². The van der Waals surface area contributed by atoms with E-state index in [1.807, 2.05) is 6.20 Å². The lowest BCUT2D eigenvalue weighted by Gasteiger charge is -2.33. The van der Waals surface area contributed by atoms with Crippen molar-refractivity contribution < 1.29 is 9.80 Å². The summed E-state index contributed by atoms with van der Waals surface area (Å²) in [6.45, 7) is 2.12. The largest absolute Gasteiger partial charge is 0.459 e. The Bertz CT molecular complexity index is 530. The van der Waals surface area contributed by atoms with Crippen LogP contribution < -0.4 is 9.80 Å². The molecule has 1 aromatic rings. The van der Waals surface area contributed by atoms with E-state index < -0.39 is 0 Å². The predicted octanol–water partition coefficient (Wildman–Crippen LogP) is -1.02. The van der Waals surface area contributed by atoms with Crippen molar-refractivity contribution in [3.63, 3.8) is 0 Å². The molecule has 2 N–H and O–H groups in total. The summed E-state index contributed by atoms with van der Waals surface area (Å²) in [6.07, 6.45) is 6.12. The average Bonchev–Trinajstić information content (AvgIpc) is 3.01. The molecule has 0 amide bonds. The summed E-state index contributed by atoms with van der Waals surface area (Å²) in [5.74, 6) is 0. The third-order valence-corrected chi connectivity index (χ3v) is 4.34. The molecule has 0 aromatic carbocycles. The highest BCUT2D eigenvalue weighted by Crippen LogP contribution is 2.57. The first-order valence-electron chi connectivity index (χ1n) is 6.12. The number of fused-ring (bicyclic) bond motifs is 3. The lowest BCUT2D eigenvalue weighted by molar-refractivity contribution is -0.876. The fourth-order valence-corrected chi connectivity index (χ4v) is 3.43. The van der Waals surface area contributed by atoms with Gasteiger partial charge in [-0.25, -0.2) is 9.97 Å². The monoisotopic (exact) mass is 228 g/mol. The summed E-state index contributed by atoms with van der Waals surface area (Å²) in [5, 5.41) is 0. The topological polar surface area (TPSA) is 34.7 Å². The van der Waals surface area contributed by atoms with Crippen molar-refractivity contribution in [2.24, 2.45) is 5.41 Å². The zero-order valence-electron chi connectivity index (χ0n) is 9.79. The number of nitrogens with one attached hydrogen (secondary N) is 2. The molecule has 0 bridgehead atoms. The zero-order valence-corrected chi connectivity index (χ0v) is 9.79. The molecule has 2 unspecified atom stereocenters. The van der Waals surface area contributed by atoms with Crippen LogP contribution in [0.25, 0.3) is 5.57 Å². The molecule has 3 heterocycles. The fraction of sp³-hybridized carbons (Fsp3) is 0.385. The highest BCUT2D eigenvalue weighted by Gasteiger charge is 2.56. The summed E-state index contributed by atoms with van der Waals surface area (Å²) in [4.78, 5) is 11.1. The van der Waals surface area contributed by atoms with Crippen molar-refractivity contribution in [2.75, 3.05) is 13.1 Å². The molecule has 1 saturated carbocycles. The average molecular weight is 228 g/mol. The predicted molar refractivity (Wildman–Crippen MR) is 62.7 cm³/mol. The molecule has 2 aliphatic heterocycles. The summed E-state index contributed by atoms with van der Waals surface area (Å²) in [5.41, 5.74) is 5.48. The van der Waals surface area contributed by atoms with Gasteiger partial charge in [0.05, 0.1) is 23.7 Å². The maximum Gasteiger partial charge on any atom is 0.154 e.